The van der Waals surface area contributed by atoms with Crippen molar-refractivity contribution in [3.63, 3.8) is 0 Å². The number of aromatic nitrogens is 1. The number of hydrogen-bond donors (Lipinski definition) is 2. The highest BCUT2D eigenvalue weighted by Crippen LogP contribution is 2.51. The number of hydrogen-bond acceptors (Lipinski definition) is 10. The van der Waals surface area contributed by atoms with Crippen molar-refractivity contribution < 1.29 is 29.0 Å². The highest BCUT2D eigenvalue weighted by Gasteiger charge is 2.51. The lowest BCUT2D eigenvalue weighted by molar-refractivity contribution is -0.137. The fourth-order valence-corrected chi connectivity index (χ4v) is 9.45. The quantitative estimate of drug-likeness (QED) is 0.342. The van der Waals surface area contributed by atoms with Gasteiger partial charge in [0.25, 0.3) is 0 Å². The maximum Gasteiger partial charge on any atom is 0.336 e. The second-order valence-electron chi connectivity index (χ2n) is 13.3. The first-order valence-corrected chi connectivity index (χ1v) is 18.1. The summed E-state index contributed by atoms with van der Waals surface area (Å²) < 4.78 is 10.5. The van der Waals surface area contributed by atoms with Crippen LogP contribution in [0.1, 0.15) is 61.9 Å². The maximum atomic E-state index is 14.0. The van der Waals surface area contributed by atoms with Crippen LogP contribution in [0.4, 0.5) is 0 Å². The van der Waals surface area contributed by atoms with Crippen molar-refractivity contribution in [3.05, 3.63) is 72.9 Å². The Morgan fingerprint density at radius 3 is 2.15 bits per heavy atom. The van der Waals surface area contributed by atoms with Gasteiger partial charge in [0, 0.05) is 77.2 Å². The number of amides is 1. The van der Waals surface area contributed by atoms with E-state index >= 15 is 0 Å². The molecule has 2 bridgehead atoms. The number of allylic oxidation sites excluding steroid dienone is 1. The Hall–Kier alpha value is -2.96. The molecule has 2 unspecified atom stereocenters. The van der Waals surface area contributed by atoms with Gasteiger partial charge in [-0.3, -0.25) is 9.69 Å². The zero-order valence-corrected chi connectivity index (χ0v) is 29.8. The van der Waals surface area contributed by atoms with Gasteiger partial charge in [-0.1, -0.05) is 29.3 Å². The van der Waals surface area contributed by atoms with Gasteiger partial charge in [-0.25, -0.2) is 14.6 Å². The summed E-state index contributed by atoms with van der Waals surface area (Å²) in [5.74, 6) is -1.90. The third-order valence-electron chi connectivity index (χ3n) is 10.8. The average Bonchev–Trinajstić information content (AvgIpc) is 3.61. The van der Waals surface area contributed by atoms with Gasteiger partial charge in [-0.15, -0.1) is 11.3 Å². The van der Waals surface area contributed by atoms with Crippen molar-refractivity contribution in [2.75, 3.05) is 40.4 Å². The number of piperazine rings is 1. The lowest BCUT2D eigenvalue weighted by Crippen LogP contribution is -2.55. The number of methoxy groups -OCH3 is 2. The second kappa shape index (κ2) is 14.5. The van der Waals surface area contributed by atoms with Crippen LogP contribution in [0.5, 0.6) is 0 Å². The number of fused-ring (bicyclic) bond motifs is 2. The summed E-state index contributed by atoms with van der Waals surface area (Å²) in [7, 11) is 2.54. The van der Waals surface area contributed by atoms with E-state index in [0.717, 1.165) is 43.8 Å². The highest BCUT2D eigenvalue weighted by atomic mass is 35.5. The molecule has 2 N–H and O–H groups in total. The van der Waals surface area contributed by atoms with Crippen LogP contribution >= 0.6 is 34.5 Å². The predicted octanol–water partition coefficient (Wildman–Crippen LogP) is 5.10. The molecule has 48 heavy (non-hydrogen) atoms. The molecule has 2 saturated carbocycles. The zero-order chi connectivity index (χ0) is 34.2. The van der Waals surface area contributed by atoms with Crippen LogP contribution < -0.4 is 5.32 Å². The average molecular weight is 718 g/mol. The molecule has 2 aromatic rings. The van der Waals surface area contributed by atoms with Crippen LogP contribution in [0.2, 0.25) is 10.0 Å². The molecular formula is C35H42Cl2N4O6S. The van der Waals surface area contributed by atoms with Gasteiger partial charge in [0.05, 0.1) is 48.3 Å². The Kier molecular flexibility index (Phi) is 10.5. The van der Waals surface area contributed by atoms with Crippen LogP contribution in [-0.2, 0) is 30.3 Å². The number of dihydropyridines is 1. The third kappa shape index (κ3) is 6.76. The summed E-state index contributed by atoms with van der Waals surface area (Å²) in [6.45, 7) is 4.61. The molecule has 1 aromatic heterocycles. The van der Waals surface area contributed by atoms with Crippen molar-refractivity contribution in [2.45, 2.75) is 69.4 Å². The van der Waals surface area contributed by atoms with Crippen LogP contribution in [-0.4, -0.2) is 89.8 Å². The van der Waals surface area contributed by atoms with Gasteiger partial charge in [0.15, 0.2) is 0 Å². The number of nitrogens with zero attached hydrogens (tertiary/aromatic N) is 3. The topological polar surface area (TPSA) is 121 Å². The molecular weight excluding hydrogens is 675 g/mol. The normalized spacial score (nSPS) is 27.6. The van der Waals surface area contributed by atoms with Crippen molar-refractivity contribution in [1.29, 1.82) is 0 Å². The number of halogens is 2. The summed E-state index contributed by atoms with van der Waals surface area (Å²) in [6, 6.07) is 5.39. The fraction of sp³-hybridized carbons (Fsp3) is 0.543. The molecule has 3 fully saturated rings. The number of ether oxygens (including phenoxy) is 2. The summed E-state index contributed by atoms with van der Waals surface area (Å²) >= 11 is 15.0. The number of carbonyl (C=O) groups excluding carboxylic acids is 3. The van der Waals surface area contributed by atoms with E-state index in [1.54, 1.807) is 24.4 Å². The number of aliphatic hydroxyl groups is 1. The molecule has 1 saturated heterocycles. The van der Waals surface area contributed by atoms with Gasteiger partial charge >= 0.3 is 11.9 Å². The Labute approximate surface area is 295 Å². The second-order valence-corrected chi connectivity index (χ2v) is 15.1. The van der Waals surface area contributed by atoms with Crippen LogP contribution in [0.25, 0.3) is 0 Å². The molecule has 3 heterocycles. The van der Waals surface area contributed by atoms with E-state index in [1.807, 2.05) is 17.2 Å². The molecule has 13 heteroatoms. The van der Waals surface area contributed by atoms with Crippen LogP contribution in [0.3, 0.4) is 0 Å². The lowest BCUT2D eigenvalue weighted by Gasteiger charge is -2.46. The Morgan fingerprint density at radius 1 is 0.979 bits per heavy atom. The number of benzene rings is 1. The number of aryl methyl sites for hydroxylation is 1. The highest BCUT2D eigenvalue weighted by molar-refractivity contribution is 7.09. The lowest BCUT2D eigenvalue weighted by atomic mass is 9.73. The Bertz CT molecular complexity index is 1580. The summed E-state index contributed by atoms with van der Waals surface area (Å²) in [5, 5.41) is 17.5. The minimum absolute atomic E-state index is 0.0858. The SMILES string of the molecule is COC(=O)C1=C(CCc2nccs2)NC(CC(=O)N2CCN([C@@H]3C[C@H]4CC[C@@H](C3)C4(C)O)CC2)=C(C(=O)OC)C1c1c(Cl)cccc1Cl. The predicted molar refractivity (Wildman–Crippen MR) is 183 cm³/mol. The Morgan fingerprint density at radius 2 is 1.58 bits per heavy atom. The number of rotatable bonds is 9. The van der Waals surface area contributed by atoms with E-state index in [0.29, 0.717) is 60.8 Å². The number of nitrogens with one attached hydrogen (secondary N) is 1. The van der Waals surface area contributed by atoms with E-state index < -0.39 is 23.5 Å². The molecule has 2 aliphatic heterocycles. The van der Waals surface area contributed by atoms with Gasteiger partial charge in [0.1, 0.15) is 0 Å². The smallest absolute Gasteiger partial charge is 0.336 e. The minimum Gasteiger partial charge on any atom is -0.466 e. The molecule has 6 rings (SSSR count). The summed E-state index contributed by atoms with van der Waals surface area (Å²) in [5.41, 5.74) is 0.884. The molecule has 258 valence electrons. The van der Waals surface area contributed by atoms with Crippen molar-refractivity contribution >= 4 is 52.4 Å². The first kappa shape index (κ1) is 34.9. The van der Waals surface area contributed by atoms with Crippen molar-refractivity contribution in [3.8, 4) is 0 Å². The molecule has 2 aliphatic carbocycles. The van der Waals surface area contributed by atoms with Gasteiger partial charge in [-0.2, -0.15) is 0 Å². The molecule has 0 radical (unpaired) electrons. The van der Waals surface area contributed by atoms with E-state index in [-0.39, 0.29) is 33.5 Å². The van der Waals surface area contributed by atoms with Crippen molar-refractivity contribution in [1.82, 2.24) is 20.1 Å². The van der Waals surface area contributed by atoms with E-state index in [1.165, 1.54) is 25.6 Å². The van der Waals surface area contributed by atoms with E-state index in [4.69, 9.17) is 32.7 Å². The first-order valence-electron chi connectivity index (χ1n) is 16.5. The van der Waals surface area contributed by atoms with Crippen LogP contribution in [0, 0.1) is 11.8 Å². The monoisotopic (exact) mass is 716 g/mol. The standard InChI is InChI=1S/C35H42Cl2N4O6S/c1-35(45)20-7-8-21(35)18-22(17-20)40-12-14-41(15-13-40)28(42)19-26-31(34(44)47-3)32(29-23(36)5-4-6-24(29)37)30(33(43)46-2)25(39-26)9-10-27-38-11-16-48-27/h4-6,11,16,20-22,32,39,45H,7-10,12-15,17-19H2,1-3H3/t20-,21+,22-,32?,35?. The largest absolute Gasteiger partial charge is 0.466 e. The Balaban J connectivity index is 1.29. The van der Waals surface area contributed by atoms with E-state index in [9.17, 15) is 19.5 Å². The molecule has 4 aliphatic rings. The van der Waals surface area contributed by atoms with Gasteiger partial charge < -0.3 is 24.8 Å². The van der Waals surface area contributed by atoms with Crippen LogP contribution in [0.15, 0.2) is 52.3 Å². The fourth-order valence-electron chi connectivity index (χ4n) is 8.22. The van der Waals surface area contributed by atoms with Crippen molar-refractivity contribution in [2.24, 2.45) is 11.8 Å². The third-order valence-corrected chi connectivity index (χ3v) is 12.3. The summed E-state index contributed by atoms with van der Waals surface area (Å²) in [4.78, 5) is 49.8. The number of carbonyl (C=O) groups is 3. The molecule has 1 aromatic carbocycles. The molecule has 1 amide bonds. The molecule has 10 nitrogen and oxygen atoms in total. The number of thiazole rings is 1. The maximum absolute atomic E-state index is 14.0. The first-order chi connectivity index (χ1) is 23.0. The minimum atomic E-state index is -1.04. The zero-order valence-electron chi connectivity index (χ0n) is 27.5. The number of esters is 2. The summed E-state index contributed by atoms with van der Waals surface area (Å²) in [6.07, 6.45) is 6.61. The molecule has 5 atom stereocenters. The van der Waals surface area contributed by atoms with Gasteiger partial charge in [-0.05, 0) is 63.0 Å². The van der Waals surface area contributed by atoms with E-state index in [2.05, 4.69) is 15.2 Å². The van der Waals surface area contributed by atoms with Gasteiger partial charge in [0.2, 0.25) is 5.91 Å². The molecule has 0 spiro atoms.